The van der Waals surface area contributed by atoms with Crippen molar-refractivity contribution in [2.24, 2.45) is 35.0 Å². The van der Waals surface area contributed by atoms with Crippen LogP contribution in [0.2, 0.25) is 0 Å². The quantitative estimate of drug-likeness (QED) is 0.481. The molecule has 0 N–H and O–H groups in total. The standard InChI is InChI=1S/C23H34NOP/c1-4-19(26)6-5-16(3)23(12-22(25)24-13-15(2)14-24)8-7-18-9-17-10-20(18)21(23)11-17/h4-6,15,17-18,20-21H,1,7-14,26H2,2-3H3/b16-5+,19-6+. The average molecular weight is 372 g/mol. The van der Waals surface area contributed by atoms with Gasteiger partial charge in [0.25, 0.3) is 0 Å². The second-order valence-electron chi connectivity index (χ2n) is 9.60. The van der Waals surface area contributed by atoms with Crippen molar-refractivity contribution in [3.05, 3.63) is 35.7 Å². The Morgan fingerprint density at radius 2 is 2.04 bits per heavy atom. The van der Waals surface area contributed by atoms with E-state index in [2.05, 4.69) is 46.7 Å². The minimum Gasteiger partial charge on any atom is -0.342 e. The van der Waals surface area contributed by atoms with Gasteiger partial charge in [0, 0.05) is 24.9 Å². The van der Waals surface area contributed by atoms with E-state index in [0.717, 1.165) is 48.5 Å². The van der Waals surface area contributed by atoms with Gasteiger partial charge in [-0.15, -0.1) is 9.24 Å². The number of amides is 1. The molecule has 3 aliphatic carbocycles. The first-order valence-corrected chi connectivity index (χ1v) is 11.1. The van der Waals surface area contributed by atoms with Crippen molar-refractivity contribution in [3.8, 4) is 0 Å². The molecule has 142 valence electrons. The molecule has 0 aromatic heterocycles. The highest BCUT2D eigenvalue weighted by atomic mass is 31.0. The number of allylic oxidation sites excluding steroid dienone is 5. The normalized spacial score (nSPS) is 39.9. The van der Waals surface area contributed by atoms with Crippen LogP contribution in [0, 0.1) is 35.0 Å². The largest absolute Gasteiger partial charge is 0.342 e. The van der Waals surface area contributed by atoms with E-state index in [0.29, 0.717) is 11.8 Å². The molecule has 1 amide bonds. The molecule has 6 atom stereocenters. The van der Waals surface area contributed by atoms with Gasteiger partial charge >= 0.3 is 0 Å². The van der Waals surface area contributed by atoms with Gasteiger partial charge in [-0.2, -0.15) is 0 Å². The van der Waals surface area contributed by atoms with E-state index >= 15 is 0 Å². The lowest BCUT2D eigenvalue weighted by molar-refractivity contribution is -0.141. The zero-order chi connectivity index (χ0) is 18.5. The van der Waals surface area contributed by atoms with Crippen LogP contribution in [0.25, 0.3) is 0 Å². The Morgan fingerprint density at radius 1 is 1.27 bits per heavy atom. The molecular formula is C23H34NOP. The first kappa shape index (κ1) is 18.5. The fraction of sp³-hybridized carbons (Fsp3) is 0.696. The van der Waals surface area contributed by atoms with Crippen molar-refractivity contribution in [1.82, 2.24) is 4.90 Å². The van der Waals surface area contributed by atoms with Crippen molar-refractivity contribution in [1.29, 1.82) is 0 Å². The maximum absolute atomic E-state index is 13.1. The molecule has 0 aromatic carbocycles. The summed E-state index contributed by atoms with van der Waals surface area (Å²) in [7, 11) is 2.74. The van der Waals surface area contributed by atoms with E-state index in [-0.39, 0.29) is 5.41 Å². The number of carbonyl (C=O) groups is 1. The molecule has 4 aliphatic rings. The third-order valence-corrected chi connectivity index (χ3v) is 8.48. The van der Waals surface area contributed by atoms with Gasteiger partial charge < -0.3 is 4.90 Å². The summed E-state index contributed by atoms with van der Waals surface area (Å²) in [5.41, 5.74) is 1.52. The molecule has 4 fully saturated rings. The van der Waals surface area contributed by atoms with Crippen LogP contribution >= 0.6 is 9.24 Å². The first-order chi connectivity index (χ1) is 12.4. The fourth-order valence-corrected chi connectivity index (χ4v) is 6.78. The molecule has 4 rings (SSSR count). The van der Waals surface area contributed by atoms with Crippen molar-refractivity contribution in [2.75, 3.05) is 13.1 Å². The maximum Gasteiger partial charge on any atom is 0.223 e. The maximum atomic E-state index is 13.1. The topological polar surface area (TPSA) is 20.3 Å². The van der Waals surface area contributed by atoms with E-state index in [1.165, 1.54) is 37.7 Å². The monoisotopic (exact) mass is 371 g/mol. The summed E-state index contributed by atoms with van der Waals surface area (Å²) in [6.45, 7) is 10.3. The highest BCUT2D eigenvalue weighted by Crippen LogP contribution is 2.66. The molecule has 2 nitrogen and oxygen atoms in total. The van der Waals surface area contributed by atoms with Crippen LogP contribution < -0.4 is 0 Å². The molecule has 3 saturated carbocycles. The molecule has 1 aliphatic heterocycles. The summed E-state index contributed by atoms with van der Waals surface area (Å²) >= 11 is 0. The summed E-state index contributed by atoms with van der Waals surface area (Å²) in [5.74, 6) is 4.56. The molecule has 0 aromatic rings. The number of nitrogens with zero attached hydrogens (tertiary/aromatic N) is 1. The Morgan fingerprint density at radius 3 is 2.69 bits per heavy atom. The zero-order valence-corrected chi connectivity index (χ0v) is 17.6. The highest BCUT2D eigenvalue weighted by Gasteiger charge is 2.58. The number of carbonyl (C=O) groups excluding carboxylic acids is 1. The molecule has 0 spiro atoms. The van der Waals surface area contributed by atoms with Gasteiger partial charge in [0.15, 0.2) is 0 Å². The summed E-state index contributed by atoms with van der Waals surface area (Å²) < 4.78 is 0. The first-order valence-electron chi connectivity index (χ1n) is 10.5. The van der Waals surface area contributed by atoms with E-state index in [4.69, 9.17) is 0 Å². The summed E-state index contributed by atoms with van der Waals surface area (Å²) in [5, 5.41) is 1.11. The van der Waals surface area contributed by atoms with E-state index in [1.54, 1.807) is 0 Å². The Labute approximate surface area is 161 Å². The molecule has 26 heavy (non-hydrogen) atoms. The van der Waals surface area contributed by atoms with Gasteiger partial charge in [-0.05, 0) is 73.9 Å². The van der Waals surface area contributed by atoms with Gasteiger partial charge in [-0.25, -0.2) is 0 Å². The molecule has 1 saturated heterocycles. The number of fused-ring (bicyclic) bond motifs is 1. The summed E-state index contributed by atoms with van der Waals surface area (Å²) in [6.07, 6.45) is 13.8. The van der Waals surface area contributed by atoms with Crippen molar-refractivity contribution in [2.45, 2.75) is 52.4 Å². The Kier molecular flexibility index (Phi) is 4.93. The average Bonchev–Trinajstić information content (AvgIpc) is 3.20. The summed E-state index contributed by atoms with van der Waals surface area (Å²) in [6, 6.07) is 0. The van der Waals surface area contributed by atoms with Crippen LogP contribution in [-0.4, -0.2) is 23.9 Å². The molecular weight excluding hydrogens is 337 g/mol. The van der Waals surface area contributed by atoms with Crippen LogP contribution in [0.3, 0.4) is 0 Å². The lowest BCUT2D eigenvalue weighted by Gasteiger charge is -2.52. The predicted molar refractivity (Wildman–Crippen MR) is 112 cm³/mol. The highest BCUT2D eigenvalue weighted by molar-refractivity contribution is 7.22. The lowest BCUT2D eigenvalue weighted by Crippen LogP contribution is -2.52. The fourth-order valence-electron chi connectivity index (χ4n) is 6.68. The zero-order valence-electron chi connectivity index (χ0n) is 16.4. The van der Waals surface area contributed by atoms with Crippen LogP contribution in [0.15, 0.2) is 35.7 Å². The van der Waals surface area contributed by atoms with E-state index in [1.807, 2.05) is 6.08 Å². The smallest absolute Gasteiger partial charge is 0.223 e. The third kappa shape index (κ3) is 3.03. The Bertz CT molecular complexity index is 659. The lowest BCUT2D eigenvalue weighted by atomic mass is 9.53. The van der Waals surface area contributed by atoms with Crippen molar-refractivity contribution < 1.29 is 4.79 Å². The van der Waals surface area contributed by atoms with Gasteiger partial charge in [-0.3, -0.25) is 4.79 Å². The van der Waals surface area contributed by atoms with Crippen LogP contribution in [0.4, 0.5) is 0 Å². The third-order valence-electron chi connectivity index (χ3n) is 8.05. The van der Waals surface area contributed by atoms with Crippen molar-refractivity contribution in [3.63, 3.8) is 0 Å². The van der Waals surface area contributed by atoms with Crippen LogP contribution in [0.1, 0.15) is 52.4 Å². The number of likely N-dealkylation sites (tertiary alicyclic amines) is 1. The molecule has 2 bridgehead atoms. The SMILES string of the molecule is C=C/C(P)=C\C=C(/C)C1(CC(=O)N2CC(C)C2)CCC2CC3CC2C1C3. The van der Waals surface area contributed by atoms with E-state index < -0.39 is 0 Å². The predicted octanol–water partition coefficient (Wildman–Crippen LogP) is 5.19. The van der Waals surface area contributed by atoms with Crippen molar-refractivity contribution >= 4 is 15.1 Å². The summed E-state index contributed by atoms with van der Waals surface area (Å²) in [4.78, 5) is 15.2. The van der Waals surface area contributed by atoms with Gasteiger partial charge in [0.2, 0.25) is 5.91 Å². The Balaban J connectivity index is 1.63. The van der Waals surface area contributed by atoms with Gasteiger partial charge in [0.05, 0.1) is 0 Å². The molecule has 6 unspecified atom stereocenters. The van der Waals surface area contributed by atoms with Gasteiger partial charge in [0.1, 0.15) is 0 Å². The van der Waals surface area contributed by atoms with Crippen LogP contribution in [0.5, 0.6) is 0 Å². The second kappa shape index (κ2) is 6.93. The molecule has 1 heterocycles. The second-order valence-corrected chi connectivity index (χ2v) is 10.3. The minimum absolute atomic E-state index is 0.0921. The van der Waals surface area contributed by atoms with Crippen LogP contribution in [-0.2, 0) is 4.79 Å². The number of rotatable bonds is 5. The number of hydrogen-bond donors (Lipinski definition) is 0. The minimum atomic E-state index is 0.0921. The van der Waals surface area contributed by atoms with E-state index in [9.17, 15) is 4.79 Å². The van der Waals surface area contributed by atoms with Gasteiger partial charge in [-0.1, -0.05) is 37.3 Å². The Hall–Kier alpha value is -0.880. The number of hydrogen-bond acceptors (Lipinski definition) is 1. The molecule has 3 heteroatoms. The molecule has 0 radical (unpaired) electrons.